The minimum absolute atomic E-state index is 0.643. The third-order valence-corrected chi connectivity index (χ3v) is 5.01. The van der Waals surface area contributed by atoms with Crippen LogP contribution < -0.4 is 0 Å². The van der Waals surface area contributed by atoms with E-state index < -0.39 is 0 Å². The van der Waals surface area contributed by atoms with Gasteiger partial charge in [0, 0.05) is 11.9 Å². The number of pyridine rings is 1. The van der Waals surface area contributed by atoms with E-state index in [1.807, 2.05) is 30.3 Å². The molecule has 0 saturated carbocycles. The summed E-state index contributed by atoms with van der Waals surface area (Å²) >= 11 is 1.59. The highest BCUT2D eigenvalue weighted by molar-refractivity contribution is 7.98. The van der Waals surface area contributed by atoms with Crippen LogP contribution in [-0.2, 0) is 5.75 Å². The summed E-state index contributed by atoms with van der Waals surface area (Å²) in [5, 5.41) is 0.830. The Labute approximate surface area is 152 Å². The SMILES string of the molecule is c1ccc(-n2c(CSc3ncnc4[nH]cnc34)nc3ncccc32)cc1. The number of aromatic nitrogens is 7. The van der Waals surface area contributed by atoms with E-state index in [9.17, 15) is 0 Å². The third-order valence-electron chi connectivity index (χ3n) is 4.04. The zero-order valence-corrected chi connectivity index (χ0v) is 14.4. The Balaban J connectivity index is 1.58. The van der Waals surface area contributed by atoms with E-state index in [0.29, 0.717) is 5.75 Å². The van der Waals surface area contributed by atoms with Crippen LogP contribution in [0, 0.1) is 0 Å². The van der Waals surface area contributed by atoms with E-state index in [1.54, 1.807) is 30.6 Å². The van der Waals surface area contributed by atoms with Gasteiger partial charge >= 0.3 is 0 Å². The van der Waals surface area contributed by atoms with Crippen LogP contribution in [0.5, 0.6) is 0 Å². The number of para-hydroxylation sites is 1. The molecular formula is C18H13N7S. The Bertz CT molecular complexity index is 1200. The van der Waals surface area contributed by atoms with Crippen LogP contribution in [0.2, 0.25) is 0 Å². The molecule has 0 aliphatic rings. The number of benzene rings is 1. The summed E-state index contributed by atoms with van der Waals surface area (Å²) in [5.41, 5.74) is 4.30. The second-order valence-electron chi connectivity index (χ2n) is 5.61. The summed E-state index contributed by atoms with van der Waals surface area (Å²) in [4.78, 5) is 25.0. The lowest BCUT2D eigenvalue weighted by atomic mass is 10.3. The van der Waals surface area contributed by atoms with Crippen LogP contribution in [0.1, 0.15) is 5.82 Å². The molecule has 0 unspecified atom stereocenters. The van der Waals surface area contributed by atoms with E-state index in [-0.39, 0.29) is 0 Å². The highest BCUT2D eigenvalue weighted by Crippen LogP contribution is 2.28. The standard InChI is InChI=1S/C18H13N7S/c1-2-5-12(6-3-1)25-13-7-4-8-19-16(13)24-14(25)9-26-18-15-17(21-10-20-15)22-11-23-18/h1-8,10-11H,9H2,(H,20,21,22,23). The van der Waals surface area contributed by atoms with Gasteiger partial charge in [0.2, 0.25) is 0 Å². The molecule has 0 saturated heterocycles. The maximum atomic E-state index is 4.73. The lowest BCUT2D eigenvalue weighted by molar-refractivity contribution is 0.981. The molecule has 7 nitrogen and oxygen atoms in total. The van der Waals surface area contributed by atoms with Crippen LogP contribution in [-0.4, -0.2) is 34.5 Å². The average Bonchev–Trinajstić information content (AvgIpc) is 3.31. The van der Waals surface area contributed by atoms with E-state index in [0.717, 1.165) is 38.9 Å². The Morgan fingerprint density at radius 2 is 1.88 bits per heavy atom. The molecular weight excluding hydrogens is 346 g/mol. The molecule has 0 amide bonds. The van der Waals surface area contributed by atoms with Gasteiger partial charge in [-0.3, -0.25) is 4.57 Å². The lowest BCUT2D eigenvalue weighted by Crippen LogP contribution is -2.00. The molecule has 0 atom stereocenters. The maximum absolute atomic E-state index is 4.73. The Morgan fingerprint density at radius 1 is 0.962 bits per heavy atom. The lowest BCUT2D eigenvalue weighted by Gasteiger charge is -2.08. The molecule has 5 rings (SSSR count). The minimum Gasteiger partial charge on any atom is -0.329 e. The molecule has 0 aliphatic heterocycles. The van der Waals surface area contributed by atoms with Crippen molar-refractivity contribution < 1.29 is 0 Å². The number of nitrogens with one attached hydrogen (secondary N) is 1. The van der Waals surface area contributed by atoms with E-state index in [1.165, 1.54) is 0 Å². The van der Waals surface area contributed by atoms with E-state index in [2.05, 4.69) is 41.6 Å². The molecule has 1 aromatic carbocycles. The average molecular weight is 359 g/mol. The number of nitrogens with zero attached hydrogens (tertiary/aromatic N) is 6. The number of aromatic amines is 1. The van der Waals surface area contributed by atoms with Crippen molar-refractivity contribution in [3.05, 3.63) is 67.1 Å². The zero-order chi connectivity index (χ0) is 17.3. The van der Waals surface area contributed by atoms with Crippen molar-refractivity contribution in [3.63, 3.8) is 0 Å². The largest absolute Gasteiger partial charge is 0.329 e. The normalized spacial score (nSPS) is 11.4. The Morgan fingerprint density at radius 3 is 2.81 bits per heavy atom. The monoisotopic (exact) mass is 359 g/mol. The molecule has 0 radical (unpaired) electrons. The molecule has 0 fully saturated rings. The first kappa shape index (κ1) is 15.0. The molecule has 5 aromatic rings. The molecule has 4 aromatic heterocycles. The fraction of sp³-hybridized carbons (Fsp3) is 0.0556. The van der Waals surface area contributed by atoms with Crippen molar-refractivity contribution in [2.75, 3.05) is 0 Å². The van der Waals surface area contributed by atoms with Crippen LogP contribution in [0.15, 0.2) is 66.3 Å². The van der Waals surface area contributed by atoms with Gasteiger partial charge in [0.05, 0.1) is 17.6 Å². The van der Waals surface area contributed by atoms with Gasteiger partial charge in [-0.15, -0.1) is 0 Å². The number of hydrogen-bond acceptors (Lipinski definition) is 6. The first-order valence-corrected chi connectivity index (χ1v) is 9.03. The third kappa shape index (κ3) is 2.51. The van der Waals surface area contributed by atoms with Crippen molar-refractivity contribution in [3.8, 4) is 5.69 Å². The minimum atomic E-state index is 0.643. The Kier molecular flexibility index (Phi) is 3.60. The molecule has 0 aliphatic carbocycles. The predicted molar refractivity (Wildman–Crippen MR) is 100 cm³/mol. The highest BCUT2D eigenvalue weighted by Gasteiger charge is 2.15. The quantitative estimate of drug-likeness (QED) is 0.391. The summed E-state index contributed by atoms with van der Waals surface area (Å²) in [6, 6.07) is 14.1. The fourth-order valence-electron chi connectivity index (χ4n) is 2.90. The molecule has 0 spiro atoms. The Hall–Kier alpha value is -3.26. The van der Waals surface area contributed by atoms with Crippen molar-refractivity contribution >= 4 is 34.1 Å². The number of thioether (sulfide) groups is 1. The van der Waals surface area contributed by atoms with Gasteiger partial charge < -0.3 is 4.98 Å². The highest BCUT2D eigenvalue weighted by atomic mass is 32.2. The van der Waals surface area contributed by atoms with Crippen LogP contribution in [0.25, 0.3) is 28.0 Å². The van der Waals surface area contributed by atoms with E-state index in [4.69, 9.17) is 4.98 Å². The topological polar surface area (TPSA) is 85.2 Å². The smallest absolute Gasteiger partial charge is 0.178 e. The second kappa shape index (κ2) is 6.23. The molecule has 26 heavy (non-hydrogen) atoms. The van der Waals surface area contributed by atoms with Crippen LogP contribution >= 0.6 is 11.8 Å². The maximum Gasteiger partial charge on any atom is 0.178 e. The summed E-state index contributed by atoms with van der Waals surface area (Å²) < 4.78 is 2.14. The molecule has 8 heteroatoms. The number of hydrogen-bond donors (Lipinski definition) is 1. The molecule has 0 bridgehead atoms. The summed E-state index contributed by atoms with van der Waals surface area (Å²) in [5.74, 6) is 1.56. The fourth-order valence-corrected chi connectivity index (χ4v) is 3.77. The molecule has 4 heterocycles. The predicted octanol–water partition coefficient (Wildman–Crippen LogP) is 3.38. The second-order valence-corrected chi connectivity index (χ2v) is 6.58. The van der Waals surface area contributed by atoms with Crippen LogP contribution in [0.4, 0.5) is 0 Å². The molecule has 1 N–H and O–H groups in total. The number of rotatable bonds is 4. The van der Waals surface area contributed by atoms with Gasteiger partial charge in [0.15, 0.2) is 11.3 Å². The van der Waals surface area contributed by atoms with E-state index >= 15 is 0 Å². The van der Waals surface area contributed by atoms with Gasteiger partial charge in [0.25, 0.3) is 0 Å². The summed E-state index contributed by atoms with van der Waals surface area (Å²) in [7, 11) is 0. The van der Waals surface area contributed by atoms with Gasteiger partial charge in [-0.1, -0.05) is 30.0 Å². The first-order chi connectivity index (χ1) is 12.9. The van der Waals surface area contributed by atoms with Gasteiger partial charge in [-0.25, -0.2) is 24.9 Å². The first-order valence-electron chi connectivity index (χ1n) is 8.05. The van der Waals surface area contributed by atoms with Crippen LogP contribution in [0.3, 0.4) is 0 Å². The van der Waals surface area contributed by atoms with Crippen molar-refractivity contribution in [2.45, 2.75) is 10.8 Å². The number of imidazole rings is 2. The van der Waals surface area contributed by atoms with Gasteiger partial charge in [-0.05, 0) is 24.3 Å². The van der Waals surface area contributed by atoms with Crippen molar-refractivity contribution in [1.29, 1.82) is 0 Å². The number of H-pyrrole nitrogens is 1. The summed E-state index contributed by atoms with van der Waals surface area (Å²) in [6.07, 6.45) is 4.94. The number of fused-ring (bicyclic) bond motifs is 2. The zero-order valence-electron chi connectivity index (χ0n) is 13.6. The van der Waals surface area contributed by atoms with Crippen molar-refractivity contribution in [1.82, 2.24) is 34.5 Å². The summed E-state index contributed by atoms with van der Waals surface area (Å²) in [6.45, 7) is 0. The van der Waals surface area contributed by atoms with Gasteiger partial charge in [-0.2, -0.15) is 0 Å². The van der Waals surface area contributed by atoms with Crippen molar-refractivity contribution in [2.24, 2.45) is 0 Å². The van der Waals surface area contributed by atoms with Gasteiger partial charge in [0.1, 0.15) is 22.7 Å². The molecule has 126 valence electrons.